The van der Waals surface area contributed by atoms with Gasteiger partial charge in [-0.2, -0.15) is 0 Å². The molecule has 0 heterocycles. The van der Waals surface area contributed by atoms with Gasteiger partial charge in [-0.3, -0.25) is 4.79 Å². The van der Waals surface area contributed by atoms with Crippen LogP contribution in [0.15, 0.2) is 66.7 Å². The van der Waals surface area contributed by atoms with Gasteiger partial charge in [0.15, 0.2) is 0 Å². The Bertz CT molecular complexity index is 862. The van der Waals surface area contributed by atoms with Crippen molar-refractivity contribution in [2.75, 3.05) is 13.2 Å². The van der Waals surface area contributed by atoms with Crippen molar-refractivity contribution in [2.24, 2.45) is 0 Å². The maximum atomic E-state index is 11.3. The molecule has 4 heteroatoms. The molecule has 26 heavy (non-hydrogen) atoms. The van der Waals surface area contributed by atoms with Crippen LogP contribution in [0.2, 0.25) is 0 Å². The maximum absolute atomic E-state index is 11.3. The van der Waals surface area contributed by atoms with E-state index >= 15 is 0 Å². The molecule has 0 aliphatic heterocycles. The first kappa shape index (κ1) is 18.0. The number of benzene rings is 3. The Hall–Kier alpha value is -2.85. The normalized spacial score (nSPS) is 10.7. The van der Waals surface area contributed by atoms with Crippen LogP contribution in [0.4, 0.5) is 0 Å². The molecule has 0 amide bonds. The number of hydrogen-bond acceptors (Lipinski definition) is 4. The minimum atomic E-state index is -0.228. The number of hydrogen-bond donors (Lipinski definition) is 1. The van der Waals surface area contributed by atoms with Crippen molar-refractivity contribution in [2.45, 2.75) is 20.1 Å². The third-order valence-electron chi connectivity index (χ3n) is 4.03. The van der Waals surface area contributed by atoms with Crippen molar-refractivity contribution >= 4 is 16.7 Å². The van der Waals surface area contributed by atoms with Crippen molar-refractivity contribution in [1.29, 1.82) is 0 Å². The molecule has 3 rings (SSSR count). The van der Waals surface area contributed by atoms with Gasteiger partial charge in [0.1, 0.15) is 12.4 Å². The largest absolute Gasteiger partial charge is 0.489 e. The average molecular weight is 349 g/mol. The predicted molar refractivity (Wildman–Crippen MR) is 103 cm³/mol. The fourth-order valence-corrected chi connectivity index (χ4v) is 2.73. The lowest BCUT2D eigenvalue weighted by Crippen LogP contribution is -2.24. The molecule has 0 radical (unpaired) electrons. The summed E-state index contributed by atoms with van der Waals surface area (Å²) in [7, 11) is 0. The fourth-order valence-electron chi connectivity index (χ4n) is 2.73. The molecule has 0 aliphatic rings. The van der Waals surface area contributed by atoms with Crippen LogP contribution in [-0.2, 0) is 22.7 Å². The molecule has 0 saturated heterocycles. The Kier molecular flexibility index (Phi) is 6.23. The van der Waals surface area contributed by atoms with Crippen LogP contribution in [0, 0.1) is 0 Å². The Morgan fingerprint density at radius 1 is 0.923 bits per heavy atom. The van der Waals surface area contributed by atoms with Gasteiger partial charge in [-0.05, 0) is 47.0 Å². The Labute approximate surface area is 153 Å². The summed E-state index contributed by atoms with van der Waals surface area (Å²) in [6.07, 6.45) is 0. The van der Waals surface area contributed by atoms with Gasteiger partial charge in [0.25, 0.3) is 0 Å². The van der Waals surface area contributed by atoms with Crippen LogP contribution in [0.5, 0.6) is 5.75 Å². The van der Waals surface area contributed by atoms with Gasteiger partial charge < -0.3 is 14.8 Å². The minimum Gasteiger partial charge on any atom is -0.489 e. The van der Waals surface area contributed by atoms with Crippen LogP contribution in [0.3, 0.4) is 0 Å². The van der Waals surface area contributed by atoms with E-state index in [1.165, 1.54) is 0 Å². The van der Waals surface area contributed by atoms with E-state index in [1.54, 1.807) is 6.92 Å². The molecule has 3 aromatic carbocycles. The highest BCUT2D eigenvalue weighted by atomic mass is 16.5. The molecule has 0 aliphatic carbocycles. The molecule has 0 saturated carbocycles. The number of carbonyl (C=O) groups is 1. The third-order valence-corrected chi connectivity index (χ3v) is 4.03. The van der Waals surface area contributed by atoms with E-state index < -0.39 is 0 Å². The summed E-state index contributed by atoms with van der Waals surface area (Å²) in [5, 5.41) is 5.38. The Morgan fingerprint density at radius 2 is 1.69 bits per heavy atom. The second-order valence-electron chi connectivity index (χ2n) is 6.03. The number of carbonyl (C=O) groups excluding carboxylic acids is 1. The van der Waals surface area contributed by atoms with Crippen molar-refractivity contribution in [3.05, 3.63) is 77.9 Å². The van der Waals surface area contributed by atoms with Gasteiger partial charge in [-0.25, -0.2) is 0 Å². The monoisotopic (exact) mass is 349 g/mol. The SMILES string of the molecule is CCOC(=O)CNCc1ccc2cc(OCc3ccccc3)ccc2c1. The highest BCUT2D eigenvalue weighted by Gasteiger charge is 2.03. The van der Waals surface area contributed by atoms with E-state index in [0.717, 1.165) is 27.6 Å². The molecule has 0 fully saturated rings. The Morgan fingerprint density at radius 3 is 2.50 bits per heavy atom. The van der Waals surface area contributed by atoms with E-state index in [1.807, 2.05) is 30.3 Å². The minimum absolute atomic E-state index is 0.220. The van der Waals surface area contributed by atoms with Crippen molar-refractivity contribution in [1.82, 2.24) is 5.32 Å². The van der Waals surface area contributed by atoms with Crippen LogP contribution in [-0.4, -0.2) is 19.1 Å². The maximum Gasteiger partial charge on any atom is 0.319 e. The summed E-state index contributed by atoms with van der Waals surface area (Å²) in [5.74, 6) is 0.628. The zero-order valence-corrected chi connectivity index (χ0v) is 14.9. The standard InChI is InChI=1S/C22H23NO3/c1-2-25-22(24)15-23-14-18-8-9-20-13-21(11-10-19(20)12-18)26-16-17-6-4-3-5-7-17/h3-13,23H,2,14-16H2,1H3. The number of nitrogens with one attached hydrogen (secondary N) is 1. The van der Waals surface area contributed by atoms with E-state index in [4.69, 9.17) is 9.47 Å². The first-order valence-corrected chi connectivity index (χ1v) is 8.80. The molecule has 0 bridgehead atoms. The van der Waals surface area contributed by atoms with Gasteiger partial charge in [0.05, 0.1) is 13.2 Å². The zero-order chi connectivity index (χ0) is 18.2. The molecule has 3 aromatic rings. The molecule has 134 valence electrons. The number of fused-ring (bicyclic) bond motifs is 1. The number of ether oxygens (including phenoxy) is 2. The summed E-state index contributed by atoms with van der Waals surface area (Å²) >= 11 is 0. The third kappa shape index (κ3) is 5.07. The summed E-state index contributed by atoms with van der Waals surface area (Å²) in [5.41, 5.74) is 2.27. The highest BCUT2D eigenvalue weighted by molar-refractivity contribution is 5.84. The van der Waals surface area contributed by atoms with Crippen molar-refractivity contribution in [3.63, 3.8) is 0 Å². The lowest BCUT2D eigenvalue weighted by molar-refractivity contribution is -0.142. The summed E-state index contributed by atoms with van der Waals surface area (Å²) in [6, 6.07) is 22.5. The predicted octanol–water partition coefficient (Wildman–Crippen LogP) is 4.07. The van der Waals surface area contributed by atoms with Crippen LogP contribution < -0.4 is 10.1 Å². The van der Waals surface area contributed by atoms with Gasteiger partial charge in [-0.15, -0.1) is 0 Å². The second kappa shape index (κ2) is 9.02. The van der Waals surface area contributed by atoms with Crippen LogP contribution >= 0.6 is 0 Å². The number of rotatable bonds is 8. The molecule has 0 aromatic heterocycles. The summed E-state index contributed by atoms with van der Waals surface area (Å²) in [6.45, 7) is 3.62. The van der Waals surface area contributed by atoms with Crippen molar-refractivity contribution < 1.29 is 14.3 Å². The molecular weight excluding hydrogens is 326 g/mol. The van der Waals surface area contributed by atoms with E-state index in [-0.39, 0.29) is 12.5 Å². The van der Waals surface area contributed by atoms with E-state index in [9.17, 15) is 4.79 Å². The molecule has 0 spiro atoms. The van der Waals surface area contributed by atoms with Gasteiger partial charge in [0, 0.05) is 6.54 Å². The molecular formula is C22H23NO3. The van der Waals surface area contributed by atoms with Gasteiger partial charge >= 0.3 is 5.97 Å². The topological polar surface area (TPSA) is 47.6 Å². The van der Waals surface area contributed by atoms with Crippen LogP contribution in [0.1, 0.15) is 18.1 Å². The quantitative estimate of drug-likeness (QED) is 0.623. The summed E-state index contributed by atoms with van der Waals surface area (Å²) in [4.78, 5) is 11.3. The van der Waals surface area contributed by atoms with Gasteiger partial charge in [0.2, 0.25) is 0 Å². The summed E-state index contributed by atoms with van der Waals surface area (Å²) < 4.78 is 10.8. The van der Waals surface area contributed by atoms with Gasteiger partial charge in [-0.1, -0.05) is 48.5 Å². The Balaban J connectivity index is 1.59. The first-order chi connectivity index (χ1) is 12.7. The van der Waals surface area contributed by atoms with Crippen LogP contribution in [0.25, 0.3) is 10.8 Å². The fraction of sp³-hybridized carbons (Fsp3) is 0.227. The smallest absolute Gasteiger partial charge is 0.319 e. The lowest BCUT2D eigenvalue weighted by Gasteiger charge is -2.09. The zero-order valence-electron chi connectivity index (χ0n) is 14.9. The highest BCUT2D eigenvalue weighted by Crippen LogP contribution is 2.23. The molecule has 0 atom stereocenters. The van der Waals surface area contributed by atoms with Crippen molar-refractivity contribution in [3.8, 4) is 5.75 Å². The van der Waals surface area contributed by atoms with E-state index in [2.05, 4.69) is 41.7 Å². The molecule has 4 nitrogen and oxygen atoms in total. The lowest BCUT2D eigenvalue weighted by atomic mass is 10.1. The van der Waals surface area contributed by atoms with E-state index in [0.29, 0.717) is 19.8 Å². The molecule has 0 unspecified atom stereocenters. The first-order valence-electron chi connectivity index (χ1n) is 8.80. The average Bonchev–Trinajstić information content (AvgIpc) is 2.67. The molecule has 1 N–H and O–H groups in total. The number of esters is 1. The second-order valence-corrected chi connectivity index (χ2v) is 6.03.